The smallest absolute Gasteiger partial charge is 0.335 e. The number of rotatable bonds is 3. The quantitative estimate of drug-likeness (QED) is 0.750. The summed E-state index contributed by atoms with van der Waals surface area (Å²) in [4.78, 5) is 65.1. The van der Waals surface area contributed by atoms with Crippen molar-refractivity contribution in [3.8, 4) is 0 Å². The molecule has 4 amide bonds. The number of carbonyl (C=O) groups is 5. The number of nitrogens with zero attached hydrogens (tertiary/aromatic N) is 2. The molecule has 0 unspecified atom stereocenters. The Labute approximate surface area is 182 Å². The van der Waals surface area contributed by atoms with Gasteiger partial charge in [0.15, 0.2) is 0 Å². The van der Waals surface area contributed by atoms with Crippen molar-refractivity contribution >= 4 is 41.0 Å². The molecule has 0 radical (unpaired) electrons. The van der Waals surface area contributed by atoms with Crippen molar-refractivity contribution in [3.63, 3.8) is 0 Å². The first-order valence-corrected chi connectivity index (χ1v) is 10.6. The highest BCUT2D eigenvalue weighted by Gasteiger charge is 2.61. The van der Waals surface area contributed by atoms with E-state index in [-0.39, 0.29) is 46.0 Å². The predicted octanol–water partition coefficient (Wildman–Crippen LogP) is 2.72. The molecule has 3 fully saturated rings. The number of carboxylic acid groups (broad SMARTS) is 1. The zero-order valence-electron chi connectivity index (χ0n) is 16.9. The Morgan fingerprint density at radius 3 is 1.84 bits per heavy atom. The number of hydrogen-bond donors (Lipinski definition) is 1. The Hall–Kier alpha value is -3.81. The largest absolute Gasteiger partial charge is 0.478 e. The van der Waals surface area contributed by atoms with E-state index in [1.807, 2.05) is 0 Å². The minimum atomic E-state index is -1.19. The molecule has 2 bridgehead atoms. The van der Waals surface area contributed by atoms with Crippen LogP contribution in [-0.2, 0) is 9.59 Å². The molecule has 0 spiro atoms. The second-order valence-electron chi connectivity index (χ2n) is 8.92. The van der Waals surface area contributed by atoms with E-state index < -0.39 is 17.8 Å². The summed E-state index contributed by atoms with van der Waals surface area (Å²) in [6.07, 6.45) is 2.96. The first-order chi connectivity index (χ1) is 15.4. The highest BCUT2D eigenvalue weighted by atomic mass is 16.4. The fourth-order valence-electron chi connectivity index (χ4n) is 6.02. The van der Waals surface area contributed by atoms with E-state index in [9.17, 15) is 24.0 Å². The van der Waals surface area contributed by atoms with E-state index in [1.165, 1.54) is 35.2 Å². The maximum absolute atomic E-state index is 13.0. The maximum atomic E-state index is 13.0. The molecule has 2 heterocycles. The first kappa shape index (κ1) is 18.9. The maximum Gasteiger partial charge on any atom is 0.335 e. The van der Waals surface area contributed by atoms with E-state index in [2.05, 4.69) is 0 Å². The zero-order valence-corrected chi connectivity index (χ0v) is 16.9. The van der Waals surface area contributed by atoms with E-state index in [0.29, 0.717) is 17.5 Å². The van der Waals surface area contributed by atoms with Gasteiger partial charge < -0.3 is 5.11 Å². The summed E-state index contributed by atoms with van der Waals surface area (Å²) < 4.78 is 0. The number of benzene rings is 2. The monoisotopic (exact) mass is 430 g/mol. The summed E-state index contributed by atoms with van der Waals surface area (Å²) in [5.74, 6) is -2.51. The standard InChI is InChI=1S/C24H18N2O6/c27-20-16-8-3-13(24(31)32)10-17(16)21(28)25(20)14-4-6-15(7-5-14)26-22(29)18-11-1-2-12(9-11)19(18)23(26)30/h3-8,10-12,18-19H,1-2,9H2,(H,31,32)/t11-,12+,18-,19+. The molecule has 2 saturated carbocycles. The Morgan fingerprint density at radius 2 is 1.28 bits per heavy atom. The van der Waals surface area contributed by atoms with Gasteiger partial charge in [-0.3, -0.25) is 24.1 Å². The Balaban J connectivity index is 1.29. The molecule has 8 heteroatoms. The second-order valence-corrected chi connectivity index (χ2v) is 8.92. The number of amides is 4. The van der Waals surface area contributed by atoms with Gasteiger partial charge in [0, 0.05) is 0 Å². The van der Waals surface area contributed by atoms with Crippen molar-refractivity contribution < 1.29 is 29.1 Å². The highest BCUT2D eigenvalue weighted by molar-refractivity contribution is 6.34. The topological polar surface area (TPSA) is 112 Å². The second kappa shape index (κ2) is 6.35. The number of imide groups is 2. The third-order valence-electron chi connectivity index (χ3n) is 7.43. The molecule has 4 aliphatic rings. The molecule has 2 aromatic rings. The van der Waals surface area contributed by atoms with E-state index in [4.69, 9.17) is 5.11 Å². The van der Waals surface area contributed by atoms with Crippen LogP contribution in [0.25, 0.3) is 0 Å². The lowest BCUT2D eigenvalue weighted by atomic mass is 9.81. The van der Waals surface area contributed by atoms with Gasteiger partial charge in [-0.05, 0) is 73.6 Å². The number of aromatic carboxylic acids is 1. The van der Waals surface area contributed by atoms with Gasteiger partial charge in [-0.25, -0.2) is 9.69 Å². The van der Waals surface area contributed by atoms with Gasteiger partial charge in [-0.15, -0.1) is 0 Å². The number of hydrogen-bond acceptors (Lipinski definition) is 5. The molecule has 1 saturated heterocycles. The van der Waals surface area contributed by atoms with Crippen LogP contribution >= 0.6 is 0 Å². The summed E-state index contributed by atoms with van der Waals surface area (Å²) in [6, 6.07) is 10.0. The van der Waals surface area contributed by atoms with Crippen molar-refractivity contribution in [2.75, 3.05) is 9.80 Å². The predicted molar refractivity (Wildman–Crippen MR) is 111 cm³/mol. The summed E-state index contributed by atoms with van der Waals surface area (Å²) in [5.41, 5.74) is 0.815. The number of fused-ring (bicyclic) bond motifs is 6. The third kappa shape index (κ3) is 2.34. The third-order valence-corrected chi connectivity index (χ3v) is 7.43. The number of anilines is 2. The fraction of sp³-hybridized carbons (Fsp3) is 0.292. The molecule has 1 N–H and O–H groups in total. The normalized spacial score (nSPS) is 28.0. The summed E-state index contributed by atoms with van der Waals surface area (Å²) in [6.45, 7) is 0. The number of carbonyl (C=O) groups excluding carboxylic acids is 4. The molecule has 8 nitrogen and oxygen atoms in total. The van der Waals surface area contributed by atoms with E-state index in [1.54, 1.807) is 12.1 Å². The average molecular weight is 430 g/mol. The van der Waals surface area contributed by atoms with Gasteiger partial charge in [0.1, 0.15) is 0 Å². The van der Waals surface area contributed by atoms with Crippen LogP contribution in [0.4, 0.5) is 11.4 Å². The van der Waals surface area contributed by atoms with Crippen LogP contribution in [0.1, 0.15) is 50.3 Å². The molecule has 4 atom stereocenters. The van der Waals surface area contributed by atoms with Gasteiger partial charge in [0.05, 0.1) is 39.9 Å². The molecule has 2 aliphatic carbocycles. The van der Waals surface area contributed by atoms with Gasteiger partial charge in [-0.2, -0.15) is 0 Å². The van der Waals surface area contributed by atoms with Crippen molar-refractivity contribution in [2.45, 2.75) is 19.3 Å². The van der Waals surface area contributed by atoms with Crippen molar-refractivity contribution in [1.82, 2.24) is 0 Å². The fourth-order valence-corrected chi connectivity index (χ4v) is 6.02. The Morgan fingerprint density at radius 1 is 0.750 bits per heavy atom. The lowest BCUT2D eigenvalue weighted by Gasteiger charge is -2.19. The SMILES string of the molecule is O=C(O)c1ccc2c(c1)C(=O)N(c1ccc(N3C(=O)[C@@H]4[C@@H]5CC[C@@H](C5)[C@@H]4C3=O)cc1)C2=O. The summed E-state index contributed by atoms with van der Waals surface area (Å²) in [7, 11) is 0. The molecule has 0 aromatic heterocycles. The van der Waals surface area contributed by atoms with E-state index in [0.717, 1.165) is 24.2 Å². The van der Waals surface area contributed by atoms with Crippen molar-refractivity contribution in [1.29, 1.82) is 0 Å². The molecular formula is C24H18N2O6. The van der Waals surface area contributed by atoms with Gasteiger partial charge >= 0.3 is 5.97 Å². The molecular weight excluding hydrogens is 412 g/mol. The van der Waals surface area contributed by atoms with E-state index >= 15 is 0 Å². The van der Waals surface area contributed by atoms with Gasteiger partial charge in [-0.1, -0.05) is 0 Å². The Kier molecular flexibility index (Phi) is 3.75. The zero-order chi connectivity index (χ0) is 22.3. The van der Waals surface area contributed by atoms with Crippen LogP contribution in [0.3, 0.4) is 0 Å². The van der Waals surface area contributed by atoms with Crippen LogP contribution in [0, 0.1) is 23.7 Å². The Bertz CT molecular complexity index is 1220. The van der Waals surface area contributed by atoms with Crippen molar-refractivity contribution in [2.24, 2.45) is 23.7 Å². The molecule has 6 rings (SSSR count). The summed E-state index contributed by atoms with van der Waals surface area (Å²) in [5, 5.41) is 9.15. The lowest BCUT2D eigenvalue weighted by Crippen LogP contribution is -2.33. The average Bonchev–Trinajstić information content (AvgIpc) is 3.52. The molecule has 2 aromatic carbocycles. The van der Waals surface area contributed by atoms with Gasteiger partial charge in [0.25, 0.3) is 11.8 Å². The minimum absolute atomic E-state index is 0.0344. The minimum Gasteiger partial charge on any atom is -0.478 e. The van der Waals surface area contributed by atoms with Crippen LogP contribution < -0.4 is 9.80 Å². The first-order valence-electron chi connectivity index (χ1n) is 10.6. The summed E-state index contributed by atoms with van der Waals surface area (Å²) >= 11 is 0. The molecule has 2 aliphatic heterocycles. The molecule has 160 valence electrons. The lowest BCUT2D eigenvalue weighted by molar-refractivity contribution is -0.123. The van der Waals surface area contributed by atoms with Crippen LogP contribution in [-0.4, -0.2) is 34.7 Å². The van der Waals surface area contributed by atoms with Crippen LogP contribution in [0.5, 0.6) is 0 Å². The highest BCUT2D eigenvalue weighted by Crippen LogP contribution is 2.56. The van der Waals surface area contributed by atoms with Crippen LogP contribution in [0.2, 0.25) is 0 Å². The van der Waals surface area contributed by atoms with Gasteiger partial charge in [0.2, 0.25) is 11.8 Å². The van der Waals surface area contributed by atoms with Crippen molar-refractivity contribution in [3.05, 3.63) is 59.2 Å². The molecule has 32 heavy (non-hydrogen) atoms. The number of carboxylic acids is 1. The van der Waals surface area contributed by atoms with Crippen LogP contribution in [0.15, 0.2) is 42.5 Å².